The maximum absolute atomic E-state index is 13.5. The van der Waals surface area contributed by atoms with Crippen molar-refractivity contribution < 1.29 is 13.9 Å². The van der Waals surface area contributed by atoms with Gasteiger partial charge in [0, 0.05) is 44.8 Å². The summed E-state index contributed by atoms with van der Waals surface area (Å²) < 4.78 is 18.3. The highest BCUT2D eigenvalue weighted by molar-refractivity contribution is 5.94. The van der Waals surface area contributed by atoms with Crippen molar-refractivity contribution in [2.45, 2.75) is 0 Å². The SMILES string of the molecule is COc1ccc(C(=O)NCCN2CCNCC2)cc1F.Cl. The highest BCUT2D eigenvalue weighted by atomic mass is 35.5. The maximum Gasteiger partial charge on any atom is 0.251 e. The van der Waals surface area contributed by atoms with E-state index in [0.717, 1.165) is 32.7 Å². The van der Waals surface area contributed by atoms with Gasteiger partial charge in [0.25, 0.3) is 5.91 Å². The Balaban J connectivity index is 0.00000220. The lowest BCUT2D eigenvalue weighted by molar-refractivity contribution is 0.0946. The van der Waals surface area contributed by atoms with Crippen LogP contribution in [0.15, 0.2) is 18.2 Å². The van der Waals surface area contributed by atoms with E-state index in [-0.39, 0.29) is 24.1 Å². The molecule has 5 nitrogen and oxygen atoms in total. The number of nitrogens with one attached hydrogen (secondary N) is 2. The van der Waals surface area contributed by atoms with Crippen LogP contribution in [0.1, 0.15) is 10.4 Å². The quantitative estimate of drug-likeness (QED) is 0.847. The number of carbonyl (C=O) groups excluding carboxylic acids is 1. The van der Waals surface area contributed by atoms with Crippen molar-refractivity contribution >= 4 is 18.3 Å². The summed E-state index contributed by atoms with van der Waals surface area (Å²) in [5, 5.41) is 6.08. The van der Waals surface area contributed by atoms with E-state index < -0.39 is 5.82 Å². The molecule has 0 aromatic heterocycles. The van der Waals surface area contributed by atoms with Crippen molar-refractivity contribution in [3.05, 3.63) is 29.6 Å². The van der Waals surface area contributed by atoms with Gasteiger partial charge in [-0.25, -0.2) is 4.39 Å². The predicted octanol–water partition coefficient (Wildman–Crippen LogP) is 0.891. The summed E-state index contributed by atoms with van der Waals surface area (Å²) in [5.74, 6) is -0.647. The lowest BCUT2D eigenvalue weighted by Gasteiger charge is -2.27. The zero-order valence-electron chi connectivity index (χ0n) is 12.0. The number of ether oxygens (including phenoxy) is 1. The van der Waals surface area contributed by atoms with Gasteiger partial charge in [0.1, 0.15) is 0 Å². The molecule has 0 aliphatic carbocycles. The van der Waals surface area contributed by atoms with Crippen LogP contribution >= 0.6 is 12.4 Å². The monoisotopic (exact) mass is 317 g/mol. The minimum atomic E-state index is -0.526. The molecule has 1 aromatic rings. The molecule has 1 aliphatic rings. The second-order valence-electron chi connectivity index (χ2n) is 4.70. The summed E-state index contributed by atoms with van der Waals surface area (Å²) in [4.78, 5) is 14.2. The number of hydrogen-bond donors (Lipinski definition) is 2. The second-order valence-corrected chi connectivity index (χ2v) is 4.70. The lowest BCUT2D eigenvalue weighted by atomic mass is 10.2. The molecule has 1 saturated heterocycles. The minimum absolute atomic E-state index is 0. The average Bonchev–Trinajstić information content (AvgIpc) is 2.48. The van der Waals surface area contributed by atoms with Crippen LogP contribution < -0.4 is 15.4 Å². The third-order valence-electron chi connectivity index (χ3n) is 3.34. The Labute approximate surface area is 130 Å². The van der Waals surface area contributed by atoms with Gasteiger partial charge < -0.3 is 15.4 Å². The third kappa shape index (κ3) is 5.15. The van der Waals surface area contributed by atoms with Crippen molar-refractivity contribution in [2.75, 3.05) is 46.4 Å². The smallest absolute Gasteiger partial charge is 0.251 e. The van der Waals surface area contributed by atoms with E-state index in [1.165, 1.54) is 19.2 Å². The van der Waals surface area contributed by atoms with Crippen molar-refractivity contribution in [2.24, 2.45) is 0 Å². The highest BCUT2D eigenvalue weighted by Crippen LogP contribution is 2.17. The number of piperazine rings is 1. The van der Waals surface area contributed by atoms with E-state index >= 15 is 0 Å². The Morgan fingerprint density at radius 1 is 1.43 bits per heavy atom. The van der Waals surface area contributed by atoms with Gasteiger partial charge in [0.15, 0.2) is 11.6 Å². The average molecular weight is 318 g/mol. The zero-order chi connectivity index (χ0) is 14.4. The van der Waals surface area contributed by atoms with E-state index in [2.05, 4.69) is 15.5 Å². The Morgan fingerprint density at radius 3 is 2.76 bits per heavy atom. The molecule has 2 rings (SSSR count). The molecule has 0 saturated carbocycles. The van der Waals surface area contributed by atoms with Crippen LogP contribution in [0.25, 0.3) is 0 Å². The third-order valence-corrected chi connectivity index (χ3v) is 3.34. The standard InChI is InChI=1S/C14H20FN3O2.ClH/c1-20-13-3-2-11(10-12(13)15)14(19)17-6-9-18-7-4-16-5-8-18;/h2-3,10,16H,4-9H2,1H3,(H,17,19);1H. The fraction of sp³-hybridized carbons (Fsp3) is 0.500. The zero-order valence-corrected chi connectivity index (χ0v) is 12.8. The molecule has 0 spiro atoms. The topological polar surface area (TPSA) is 53.6 Å². The van der Waals surface area contributed by atoms with E-state index in [9.17, 15) is 9.18 Å². The van der Waals surface area contributed by atoms with Crippen LogP contribution in [0.5, 0.6) is 5.75 Å². The molecule has 7 heteroatoms. The Bertz CT molecular complexity index is 468. The summed E-state index contributed by atoms with van der Waals surface area (Å²) in [6.45, 7) is 5.33. The van der Waals surface area contributed by atoms with Crippen molar-refractivity contribution in [3.8, 4) is 5.75 Å². The first kappa shape index (κ1) is 17.7. The normalized spacial score (nSPS) is 15.1. The number of halogens is 2. The molecule has 118 valence electrons. The molecule has 1 aliphatic heterocycles. The fourth-order valence-electron chi connectivity index (χ4n) is 2.17. The first-order valence-corrected chi connectivity index (χ1v) is 6.75. The fourth-order valence-corrected chi connectivity index (χ4v) is 2.17. The van der Waals surface area contributed by atoms with Crippen LogP contribution in [0.3, 0.4) is 0 Å². The number of carbonyl (C=O) groups is 1. The molecular formula is C14H21ClFN3O2. The molecule has 21 heavy (non-hydrogen) atoms. The van der Waals surface area contributed by atoms with E-state index in [4.69, 9.17) is 4.74 Å². The molecule has 1 heterocycles. The minimum Gasteiger partial charge on any atom is -0.494 e. The van der Waals surface area contributed by atoms with Gasteiger partial charge in [-0.1, -0.05) is 0 Å². The second kappa shape index (κ2) is 8.81. The van der Waals surface area contributed by atoms with Gasteiger partial charge in [-0.05, 0) is 18.2 Å². The summed E-state index contributed by atoms with van der Waals surface area (Å²) in [5.41, 5.74) is 0.309. The van der Waals surface area contributed by atoms with Gasteiger partial charge in [0.05, 0.1) is 7.11 Å². The lowest BCUT2D eigenvalue weighted by Crippen LogP contribution is -2.46. The molecule has 1 fully saturated rings. The summed E-state index contributed by atoms with van der Waals surface area (Å²) in [7, 11) is 1.39. The molecule has 0 atom stereocenters. The van der Waals surface area contributed by atoms with Gasteiger partial charge in [0.2, 0.25) is 0 Å². The number of benzene rings is 1. The van der Waals surface area contributed by atoms with E-state index in [0.29, 0.717) is 12.1 Å². The van der Waals surface area contributed by atoms with Crippen LogP contribution in [0.4, 0.5) is 4.39 Å². The first-order valence-electron chi connectivity index (χ1n) is 6.75. The van der Waals surface area contributed by atoms with Crippen LogP contribution in [0.2, 0.25) is 0 Å². The van der Waals surface area contributed by atoms with Crippen LogP contribution in [-0.4, -0.2) is 57.2 Å². The van der Waals surface area contributed by atoms with E-state index in [1.54, 1.807) is 6.07 Å². The molecule has 0 radical (unpaired) electrons. The van der Waals surface area contributed by atoms with Crippen LogP contribution in [-0.2, 0) is 0 Å². The maximum atomic E-state index is 13.5. The molecule has 1 aromatic carbocycles. The molecule has 1 amide bonds. The first-order chi connectivity index (χ1) is 9.70. The molecule has 0 unspecified atom stereocenters. The van der Waals surface area contributed by atoms with Gasteiger partial charge in [-0.3, -0.25) is 9.69 Å². The Hall–Kier alpha value is -1.37. The molecule has 2 N–H and O–H groups in total. The van der Waals surface area contributed by atoms with Crippen molar-refractivity contribution in [3.63, 3.8) is 0 Å². The number of amides is 1. The summed E-state index contributed by atoms with van der Waals surface area (Å²) >= 11 is 0. The van der Waals surface area contributed by atoms with Gasteiger partial charge >= 0.3 is 0 Å². The molecular weight excluding hydrogens is 297 g/mol. The summed E-state index contributed by atoms with van der Waals surface area (Å²) in [6, 6.07) is 4.21. The number of methoxy groups -OCH3 is 1. The highest BCUT2D eigenvalue weighted by Gasteiger charge is 2.12. The van der Waals surface area contributed by atoms with Gasteiger partial charge in [-0.15, -0.1) is 12.4 Å². The largest absolute Gasteiger partial charge is 0.494 e. The Morgan fingerprint density at radius 2 is 2.14 bits per heavy atom. The van der Waals surface area contributed by atoms with Crippen molar-refractivity contribution in [1.82, 2.24) is 15.5 Å². The number of nitrogens with zero attached hydrogens (tertiary/aromatic N) is 1. The van der Waals surface area contributed by atoms with E-state index in [1.807, 2.05) is 0 Å². The predicted molar refractivity (Wildman–Crippen MR) is 81.8 cm³/mol. The Kier molecular flexibility index (Phi) is 7.42. The molecule has 0 bridgehead atoms. The van der Waals surface area contributed by atoms with Crippen LogP contribution in [0, 0.1) is 5.82 Å². The number of rotatable bonds is 5. The van der Waals surface area contributed by atoms with Crippen molar-refractivity contribution in [1.29, 1.82) is 0 Å². The number of hydrogen-bond acceptors (Lipinski definition) is 4. The summed E-state index contributed by atoms with van der Waals surface area (Å²) in [6.07, 6.45) is 0. The van der Waals surface area contributed by atoms with Gasteiger partial charge in [-0.2, -0.15) is 0 Å².